The minimum Gasteiger partial charge on any atom is -0.508 e. The topological polar surface area (TPSA) is 50.4 Å². The maximum absolute atomic E-state index is 12.9. The van der Waals surface area contributed by atoms with Gasteiger partial charge in [-0.25, -0.2) is 9.18 Å². The average molecular weight is 256 g/mol. The van der Waals surface area contributed by atoms with E-state index in [0.29, 0.717) is 22.1 Å². The van der Waals surface area contributed by atoms with Crippen LogP contribution in [0.3, 0.4) is 0 Å². The monoisotopic (exact) mass is 256 g/mol. The molecule has 0 saturated heterocycles. The van der Waals surface area contributed by atoms with Gasteiger partial charge in [-0.3, -0.25) is 0 Å². The molecule has 3 aromatic rings. The molecule has 94 valence electrons. The fourth-order valence-electron chi connectivity index (χ4n) is 2.02. The molecule has 3 rings (SSSR count). The Balaban J connectivity index is 2.34. The van der Waals surface area contributed by atoms with Crippen molar-refractivity contribution < 1.29 is 13.9 Å². The lowest BCUT2D eigenvalue weighted by atomic mass is 10.0. The van der Waals surface area contributed by atoms with Gasteiger partial charge in [-0.15, -0.1) is 0 Å². The number of halogens is 1. The van der Waals surface area contributed by atoms with E-state index in [4.69, 9.17) is 4.42 Å². The van der Waals surface area contributed by atoms with Crippen molar-refractivity contribution in [2.45, 2.75) is 0 Å². The number of benzene rings is 2. The molecule has 0 atom stereocenters. The lowest BCUT2D eigenvalue weighted by Gasteiger charge is -2.05. The minimum atomic E-state index is -0.516. The maximum Gasteiger partial charge on any atom is 0.336 e. The first-order chi connectivity index (χ1) is 9.13. The minimum absolute atomic E-state index is 0.0203. The van der Waals surface area contributed by atoms with Gasteiger partial charge < -0.3 is 9.52 Å². The Kier molecular flexibility index (Phi) is 2.56. The number of fused-ring (bicyclic) bond motifs is 1. The number of aromatic hydroxyl groups is 1. The zero-order chi connectivity index (χ0) is 13.4. The van der Waals surface area contributed by atoms with Gasteiger partial charge in [-0.2, -0.15) is 0 Å². The molecule has 1 N–H and O–H groups in total. The van der Waals surface area contributed by atoms with Crippen molar-refractivity contribution >= 4 is 11.0 Å². The molecule has 4 heteroatoms. The third kappa shape index (κ3) is 2.08. The van der Waals surface area contributed by atoms with Crippen LogP contribution >= 0.6 is 0 Å². The molecule has 0 bridgehead atoms. The van der Waals surface area contributed by atoms with Crippen molar-refractivity contribution in [2.75, 3.05) is 0 Å². The number of rotatable bonds is 1. The molecule has 1 heterocycles. The molecule has 1 aromatic heterocycles. The molecule has 0 aliphatic rings. The summed E-state index contributed by atoms with van der Waals surface area (Å²) in [6.07, 6.45) is 0. The Morgan fingerprint density at radius 2 is 1.74 bits per heavy atom. The molecule has 0 unspecified atom stereocenters. The predicted octanol–water partition coefficient (Wildman–Crippen LogP) is 3.30. The molecule has 0 saturated carbocycles. The first-order valence-electron chi connectivity index (χ1n) is 5.66. The Morgan fingerprint density at radius 1 is 1.00 bits per heavy atom. The molecule has 0 aliphatic heterocycles. The predicted molar refractivity (Wildman–Crippen MR) is 69.5 cm³/mol. The van der Waals surface area contributed by atoms with Gasteiger partial charge in [0.15, 0.2) is 0 Å². The van der Waals surface area contributed by atoms with E-state index >= 15 is 0 Å². The van der Waals surface area contributed by atoms with Gasteiger partial charge in [0.25, 0.3) is 0 Å². The lowest BCUT2D eigenvalue weighted by molar-refractivity contribution is 0.473. The molecule has 19 heavy (non-hydrogen) atoms. The van der Waals surface area contributed by atoms with Gasteiger partial charge in [-0.05, 0) is 35.4 Å². The van der Waals surface area contributed by atoms with Gasteiger partial charge in [-0.1, -0.05) is 12.1 Å². The van der Waals surface area contributed by atoms with Gasteiger partial charge in [0.1, 0.15) is 17.1 Å². The van der Waals surface area contributed by atoms with E-state index in [1.165, 1.54) is 30.3 Å². The first kappa shape index (κ1) is 11.5. The summed E-state index contributed by atoms with van der Waals surface area (Å²) in [7, 11) is 0. The van der Waals surface area contributed by atoms with Crippen molar-refractivity contribution in [3.8, 4) is 16.9 Å². The van der Waals surface area contributed by atoms with Crippen LogP contribution in [0.5, 0.6) is 5.75 Å². The molecule has 0 amide bonds. The third-order valence-electron chi connectivity index (χ3n) is 2.88. The van der Waals surface area contributed by atoms with Crippen LogP contribution < -0.4 is 5.63 Å². The highest BCUT2D eigenvalue weighted by Crippen LogP contribution is 2.29. The molecular formula is C15H9FO3. The van der Waals surface area contributed by atoms with Crippen LogP contribution in [0.25, 0.3) is 22.1 Å². The second-order valence-electron chi connectivity index (χ2n) is 4.17. The van der Waals surface area contributed by atoms with Gasteiger partial charge >= 0.3 is 5.63 Å². The number of phenolic OH excluding ortho intramolecular Hbond substituents is 1. The Bertz CT molecular complexity index is 804. The SMILES string of the molecule is O=c1cc(-c2ccc(F)cc2)c2ccc(O)cc2o1. The van der Waals surface area contributed by atoms with Crippen molar-refractivity contribution in [3.63, 3.8) is 0 Å². The summed E-state index contributed by atoms with van der Waals surface area (Å²) >= 11 is 0. The summed E-state index contributed by atoms with van der Waals surface area (Å²) in [6.45, 7) is 0. The molecule has 0 spiro atoms. The highest BCUT2D eigenvalue weighted by molar-refractivity contribution is 5.93. The molecule has 2 aromatic carbocycles. The molecular weight excluding hydrogens is 247 g/mol. The van der Waals surface area contributed by atoms with Crippen LogP contribution in [0.1, 0.15) is 0 Å². The van der Waals surface area contributed by atoms with Crippen molar-refractivity contribution in [2.24, 2.45) is 0 Å². The van der Waals surface area contributed by atoms with E-state index in [9.17, 15) is 14.3 Å². The van der Waals surface area contributed by atoms with E-state index in [2.05, 4.69) is 0 Å². The Morgan fingerprint density at radius 3 is 2.47 bits per heavy atom. The number of hydrogen-bond donors (Lipinski definition) is 1. The summed E-state index contributed by atoms with van der Waals surface area (Å²) in [5.41, 5.74) is 1.14. The van der Waals surface area contributed by atoms with Crippen LogP contribution in [0.2, 0.25) is 0 Å². The van der Waals surface area contributed by atoms with Crippen molar-refractivity contribution in [1.29, 1.82) is 0 Å². The van der Waals surface area contributed by atoms with Gasteiger partial charge in [0.2, 0.25) is 0 Å². The van der Waals surface area contributed by atoms with Crippen LogP contribution in [0.4, 0.5) is 4.39 Å². The summed E-state index contributed by atoms with van der Waals surface area (Å²) in [6, 6.07) is 11.7. The third-order valence-corrected chi connectivity index (χ3v) is 2.88. The first-order valence-corrected chi connectivity index (χ1v) is 5.66. The highest BCUT2D eigenvalue weighted by Gasteiger charge is 2.08. The zero-order valence-corrected chi connectivity index (χ0v) is 9.76. The van der Waals surface area contributed by atoms with E-state index in [1.807, 2.05) is 0 Å². The van der Waals surface area contributed by atoms with Crippen LogP contribution in [0, 0.1) is 5.82 Å². The highest BCUT2D eigenvalue weighted by atomic mass is 19.1. The fraction of sp³-hybridized carbons (Fsp3) is 0. The van der Waals surface area contributed by atoms with Gasteiger partial charge in [0.05, 0.1) is 0 Å². The summed E-state index contributed by atoms with van der Waals surface area (Å²) < 4.78 is 18.0. The second-order valence-corrected chi connectivity index (χ2v) is 4.17. The average Bonchev–Trinajstić information content (AvgIpc) is 2.38. The van der Waals surface area contributed by atoms with Crippen LogP contribution in [-0.4, -0.2) is 5.11 Å². The quantitative estimate of drug-likeness (QED) is 0.679. The van der Waals surface area contributed by atoms with Crippen LogP contribution in [-0.2, 0) is 0 Å². The van der Waals surface area contributed by atoms with E-state index < -0.39 is 5.63 Å². The summed E-state index contributed by atoms with van der Waals surface area (Å²) in [5, 5.41) is 10.1. The largest absolute Gasteiger partial charge is 0.508 e. The van der Waals surface area contributed by atoms with E-state index in [1.54, 1.807) is 18.2 Å². The molecule has 0 aliphatic carbocycles. The Labute approximate surface area is 107 Å². The molecule has 3 nitrogen and oxygen atoms in total. The summed E-state index contributed by atoms with van der Waals surface area (Å²) in [4.78, 5) is 11.5. The molecule has 0 radical (unpaired) electrons. The van der Waals surface area contributed by atoms with E-state index in [-0.39, 0.29) is 11.6 Å². The number of hydrogen-bond acceptors (Lipinski definition) is 3. The standard InChI is InChI=1S/C15H9FO3/c16-10-3-1-9(2-4-10)13-8-15(18)19-14-7-11(17)5-6-12(13)14/h1-8,17H. The normalized spacial score (nSPS) is 10.8. The van der Waals surface area contributed by atoms with Crippen molar-refractivity contribution in [3.05, 3.63) is 64.8 Å². The zero-order valence-electron chi connectivity index (χ0n) is 9.76. The Hall–Kier alpha value is -2.62. The van der Waals surface area contributed by atoms with Gasteiger partial charge in [0, 0.05) is 17.5 Å². The maximum atomic E-state index is 12.9. The van der Waals surface area contributed by atoms with Crippen molar-refractivity contribution in [1.82, 2.24) is 0 Å². The second kappa shape index (κ2) is 4.24. The van der Waals surface area contributed by atoms with E-state index in [0.717, 1.165) is 0 Å². The number of phenols is 1. The fourth-order valence-corrected chi connectivity index (χ4v) is 2.02. The van der Waals surface area contributed by atoms with Crippen LogP contribution in [0.15, 0.2) is 57.7 Å². The summed E-state index contributed by atoms with van der Waals surface area (Å²) in [5.74, 6) is -0.319. The lowest BCUT2D eigenvalue weighted by Crippen LogP contribution is -1.98. The smallest absolute Gasteiger partial charge is 0.336 e. The molecule has 0 fully saturated rings.